The molecule has 0 aromatic heterocycles. The third-order valence-electron chi connectivity index (χ3n) is 4.12. The molecule has 0 unspecified atom stereocenters. The summed E-state index contributed by atoms with van der Waals surface area (Å²) in [5.74, 6) is 0.858. The van der Waals surface area contributed by atoms with Crippen molar-refractivity contribution in [2.24, 2.45) is 11.8 Å². The monoisotopic (exact) mass is 276 g/mol. The number of hydrogen-bond donors (Lipinski definition) is 0. The SMILES string of the molecule is CCC(O[Si](OC)(OC)C(C)C)(C(C)C)C(C)C. The predicted octanol–water partition coefficient (Wildman–Crippen LogP) is 4.11. The van der Waals surface area contributed by atoms with Crippen molar-refractivity contribution in [3.8, 4) is 0 Å². The lowest BCUT2D eigenvalue weighted by Gasteiger charge is -2.46. The molecule has 0 aliphatic carbocycles. The lowest BCUT2D eigenvalue weighted by atomic mass is 9.78. The van der Waals surface area contributed by atoms with E-state index in [0.29, 0.717) is 11.8 Å². The first kappa shape index (κ1) is 18.1. The van der Waals surface area contributed by atoms with Crippen molar-refractivity contribution in [2.45, 2.75) is 66.0 Å². The first-order chi connectivity index (χ1) is 8.22. The lowest BCUT2D eigenvalue weighted by Crippen LogP contribution is -2.57. The van der Waals surface area contributed by atoms with Gasteiger partial charge in [0.25, 0.3) is 0 Å². The van der Waals surface area contributed by atoms with E-state index in [0.717, 1.165) is 6.42 Å². The Balaban J connectivity index is 5.41. The molecule has 0 saturated heterocycles. The molecule has 0 fully saturated rings. The van der Waals surface area contributed by atoms with Gasteiger partial charge in [0.2, 0.25) is 0 Å². The number of hydrogen-bond acceptors (Lipinski definition) is 3. The van der Waals surface area contributed by atoms with E-state index >= 15 is 0 Å². The average Bonchev–Trinajstić information content (AvgIpc) is 2.30. The molecule has 0 spiro atoms. The summed E-state index contributed by atoms with van der Waals surface area (Å²) >= 11 is 0. The third kappa shape index (κ3) is 3.35. The van der Waals surface area contributed by atoms with Crippen LogP contribution in [0.1, 0.15) is 54.9 Å². The minimum Gasteiger partial charge on any atom is -0.377 e. The molecule has 0 saturated carbocycles. The molecule has 0 atom stereocenters. The normalized spacial score (nSPS) is 14.0. The second-order valence-electron chi connectivity index (χ2n) is 5.89. The van der Waals surface area contributed by atoms with E-state index < -0.39 is 8.80 Å². The minimum absolute atomic E-state index is 0.178. The fraction of sp³-hybridized carbons (Fsp3) is 1.00. The van der Waals surface area contributed by atoms with Gasteiger partial charge in [-0.15, -0.1) is 0 Å². The highest BCUT2D eigenvalue weighted by molar-refractivity contribution is 6.62. The van der Waals surface area contributed by atoms with Gasteiger partial charge in [-0.2, -0.15) is 0 Å². The van der Waals surface area contributed by atoms with Gasteiger partial charge >= 0.3 is 8.80 Å². The summed E-state index contributed by atoms with van der Waals surface area (Å²) in [5, 5.41) is 0. The maximum atomic E-state index is 6.55. The predicted molar refractivity (Wildman–Crippen MR) is 78.7 cm³/mol. The van der Waals surface area contributed by atoms with Gasteiger partial charge in [-0.05, 0) is 18.3 Å². The van der Waals surface area contributed by atoms with Crippen LogP contribution in [0.15, 0.2) is 0 Å². The fourth-order valence-corrected chi connectivity index (χ4v) is 5.47. The Labute approximate surface area is 115 Å². The molecule has 0 aromatic carbocycles. The topological polar surface area (TPSA) is 27.7 Å². The quantitative estimate of drug-likeness (QED) is 0.625. The van der Waals surface area contributed by atoms with Crippen molar-refractivity contribution in [3.05, 3.63) is 0 Å². The van der Waals surface area contributed by atoms with E-state index in [-0.39, 0.29) is 11.1 Å². The molecule has 110 valence electrons. The van der Waals surface area contributed by atoms with Gasteiger partial charge in [0, 0.05) is 19.8 Å². The first-order valence-corrected chi connectivity index (χ1v) is 8.83. The molecule has 0 aliphatic heterocycles. The molecule has 0 amide bonds. The van der Waals surface area contributed by atoms with Crippen LogP contribution >= 0.6 is 0 Å². The second kappa shape index (κ2) is 7.03. The summed E-state index contributed by atoms with van der Waals surface area (Å²) in [6, 6.07) is 0. The van der Waals surface area contributed by atoms with Crippen LogP contribution < -0.4 is 0 Å². The average molecular weight is 276 g/mol. The van der Waals surface area contributed by atoms with E-state index in [9.17, 15) is 0 Å². The van der Waals surface area contributed by atoms with Gasteiger partial charge < -0.3 is 13.3 Å². The molecule has 0 N–H and O–H groups in total. The van der Waals surface area contributed by atoms with Crippen LogP contribution in [0.3, 0.4) is 0 Å². The van der Waals surface area contributed by atoms with Crippen molar-refractivity contribution >= 4 is 8.80 Å². The molecular weight excluding hydrogens is 244 g/mol. The largest absolute Gasteiger partial charge is 0.503 e. The van der Waals surface area contributed by atoms with Gasteiger partial charge in [-0.1, -0.05) is 48.5 Å². The Kier molecular flexibility index (Phi) is 7.07. The van der Waals surface area contributed by atoms with E-state index in [1.807, 2.05) is 0 Å². The van der Waals surface area contributed by atoms with Crippen molar-refractivity contribution < 1.29 is 13.3 Å². The zero-order valence-electron chi connectivity index (χ0n) is 13.7. The first-order valence-electron chi connectivity index (χ1n) is 7.02. The summed E-state index contributed by atoms with van der Waals surface area (Å²) in [7, 11) is 0.808. The Morgan fingerprint density at radius 3 is 1.44 bits per heavy atom. The van der Waals surface area contributed by atoms with Crippen LogP contribution in [0, 0.1) is 11.8 Å². The van der Waals surface area contributed by atoms with E-state index in [2.05, 4.69) is 48.5 Å². The molecule has 0 radical (unpaired) electrons. The van der Waals surface area contributed by atoms with Crippen LogP contribution in [0.2, 0.25) is 5.54 Å². The Morgan fingerprint density at radius 2 is 1.28 bits per heavy atom. The third-order valence-corrected chi connectivity index (χ3v) is 7.33. The second-order valence-corrected chi connectivity index (χ2v) is 9.27. The van der Waals surface area contributed by atoms with Crippen molar-refractivity contribution in [1.82, 2.24) is 0 Å². The summed E-state index contributed by atoms with van der Waals surface area (Å²) in [5.41, 5.74) is 0.0821. The van der Waals surface area contributed by atoms with Gasteiger partial charge in [0.15, 0.2) is 0 Å². The Bertz CT molecular complexity index is 227. The molecule has 0 aliphatic rings. The maximum Gasteiger partial charge on any atom is 0.503 e. The Hall–Kier alpha value is 0.0969. The van der Waals surface area contributed by atoms with Crippen LogP contribution in [0.4, 0.5) is 0 Å². The smallest absolute Gasteiger partial charge is 0.377 e. The number of rotatable bonds is 8. The van der Waals surface area contributed by atoms with Gasteiger partial charge in [0.1, 0.15) is 0 Å². The summed E-state index contributed by atoms with van der Waals surface area (Å²) < 4.78 is 18.0. The lowest BCUT2D eigenvalue weighted by molar-refractivity contribution is -0.0830. The molecule has 0 rings (SSSR count). The molecule has 0 aromatic rings. The molecule has 18 heavy (non-hydrogen) atoms. The maximum absolute atomic E-state index is 6.55. The van der Waals surface area contributed by atoms with Crippen LogP contribution in [0.5, 0.6) is 0 Å². The highest BCUT2D eigenvalue weighted by Crippen LogP contribution is 2.39. The van der Waals surface area contributed by atoms with E-state index in [1.54, 1.807) is 14.2 Å². The van der Waals surface area contributed by atoms with Crippen LogP contribution in [0.25, 0.3) is 0 Å². The van der Waals surface area contributed by atoms with Crippen LogP contribution in [-0.2, 0) is 13.3 Å². The van der Waals surface area contributed by atoms with E-state index in [4.69, 9.17) is 13.3 Å². The van der Waals surface area contributed by atoms with E-state index in [1.165, 1.54) is 0 Å². The molecule has 3 nitrogen and oxygen atoms in total. The zero-order valence-corrected chi connectivity index (χ0v) is 14.7. The summed E-state index contributed by atoms with van der Waals surface area (Å²) in [4.78, 5) is 0. The van der Waals surface area contributed by atoms with Gasteiger partial charge in [0.05, 0.1) is 5.60 Å². The molecular formula is C14H32O3Si. The summed E-state index contributed by atoms with van der Waals surface area (Å²) in [6.45, 7) is 15.3. The Morgan fingerprint density at radius 1 is 0.889 bits per heavy atom. The van der Waals surface area contributed by atoms with Crippen molar-refractivity contribution in [3.63, 3.8) is 0 Å². The molecule has 0 heterocycles. The molecule has 0 bridgehead atoms. The zero-order chi connectivity index (χ0) is 14.6. The van der Waals surface area contributed by atoms with Crippen molar-refractivity contribution in [2.75, 3.05) is 14.2 Å². The minimum atomic E-state index is -2.60. The molecule has 4 heteroatoms. The van der Waals surface area contributed by atoms with Gasteiger partial charge in [-0.3, -0.25) is 0 Å². The standard InChI is InChI=1S/C14H32O3Si/c1-10-14(11(2)3,12(4)5)17-18(15-8,16-9)13(6)7/h11-13H,10H2,1-9H3. The van der Waals surface area contributed by atoms with Crippen LogP contribution in [-0.4, -0.2) is 28.6 Å². The fourth-order valence-electron chi connectivity index (χ4n) is 2.81. The summed E-state index contributed by atoms with van der Waals surface area (Å²) in [6.07, 6.45) is 0.969. The van der Waals surface area contributed by atoms with Gasteiger partial charge in [-0.25, -0.2) is 0 Å². The van der Waals surface area contributed by atoms with Crippen molar-refractivity contribution in [1.29, 1.82) is 0 Å². The highest BCUT2D eigenvalue weighted by Gasteiger charge is 2.51. The highest BCUT2D eigenvalue weighted by atomic mass is 28.4.